The molecule has 10 heavy (non-hydrogen) atoms. The third kappa shape index (κ3) is 0.515. The van der Waals surface area contributed by atoms with E-state index in [4.69, 9.17) is 0 Å². The Morgan fingerprint density at radius 1 is 1.30 bits per heavy atom. The van der Waals surface area contributed by atoms with Crippen molar-refractivity contribution in [2.45, 2.75) is 0 Å². The Bertz CT molecular complexity index is 355. The van der Waals surface area contributed by atoms with Crippen molar-refractivity contribution in [3.05, 3.63) is 23.8 Å². The van der Waals surface area contributed by atoms with E-state index >= 15 is 0 Å². The SMILES string of the molecule is O=[C]c1cccc2ooc12. The van der Waals surface area contributed by atoms with Crippen LogP contribution in [0.25, 0.3) is 11.2 Å². The second-order valence-electron chi connectivity index (χ2n) is 1.90. The molecule has 0 aliphatic rings. The van der Waals surface area contributed by atoms with Gasteiger partial charge in [0.1, 0.15) is 0 Å². The fraction of sp³-hybridized carbons (Fsp3) is 0. The number of para-hydroxylation sites is 1. The minimum atomic E-state index is 0.406. The Kier molecular flexibility index (Phi) is 0.917. The smallest absolute Gasteiger partial charge is 0.237 e. The average molecular weight is 135 g/mol. The second kappa shape index (κ2) is 1.73. The summed E-state index contributed by atoms with van der Waals surface area (Å²) in [5.74, 6) is 0. The molecule has 0 amide bonds. The zero-order valence-corrected chi connectivity index (χ0v) is 4.96. The van der Waals surface area contributed by atoms with Crippen LogP contribution in [0.4, 0.5) is 0 Å². The predicted molar refractivity (Wildman–Crippen MR) is 33.3 cm³/mol. The zero-order chi connectivity index (χ0) is 6.97. The first-order chi connectivity index (χ1) is 4.92. The van der Waals surface area contributed by atoms with E-state index in [0.29, 0.717) is 16.7 Å². The molecule has 3 nitrogen and oxygen atoms in total. The molecule has 0 N–H and O–H groups in total. The van der Waals surface area contributed by atoms with Crippen molar-refractivity contribution < 1.29 is 13.9 Å². The lowest BCUT2D eigenvalue weighted by atomic mass is 10.2. The first-order valence-electron chi connectivity index (χ1n) is 2.77. The summed E-state index contributed by atoms with van der Waals surface area (Å²) in [5.41, 5.74) is 1.49. The maximum absolute atomic E-state index is 10.2. The van der Waals surface area contributed by atoms with Crippen LogP contribution in [0.3, 0.4) is 0 Å². The molecule has 0 atom stereocenters. The number of benzene rings is 1. The summed E-state index contributed by atoms with van der Waals surface area (Å²) >= 11 is 0. The van der Waals surface area contributed by atoms with E-state index in [2.05, 4.69) is 9.15 Å². The van der Waals surface area contributed by atoms with Gasteiger partial charge in [-0.25, -0.2) is 0 Å². The number of hydrogen-bond donors (Lipinski definition) is 0. The molecule has 0 saturated carbocycles. The lowest BCUT2D eigenvalue weighted by Gasteiger charge is -1.96. The van der Waals surface area contributed by atoms with Gasteiger partial charge < -0.3 is 0 Å². The van der Waals surface area contributed by atoms with Crippen molar-refractivity contribution in [3.63, 3.8) is 0 Å². The first-order valence-corrected chi connectivity index (χ1v) is 2.77. The van der Waals surface area contributed by atoms with Crippen molar-refractivity contribution in [2.75, 3.05) is 0 Å². The molecule has 3 heteroatoms. The maximum Gasteiger partial charge on any atom is 0.237 e. The number of carbonyl (C=O) groups excluding carboxylic acids is 1. The molecule has 0 spiro atoms. The van der Waals surface area contributed by atoms with Crippen LogP contribution in [0.2, 0.25) is 0 Å². The highest BCUT2D eigenvalue weighted by molar-refractivity contribution is 5.92. The van der Waals surface area contributed by atoms with Crippen molar-refractivity contribution >= 4 is 17.5 Å². The summed E-state index contributed by atoms with van der Waals surface area (Å²) in [6.45, 7) is 0. The highest BCUT2D eigenvalue weighted by atomic mass is 17.0. The molecule has 0 unspecified atom stereocenters. The predicted octanol–water partition coefficient (Wildman–Crippen LogP) is 1.48. The van der Waals surface area contributed by atoms with Gasteiger partial charge in [0.15, 0.2) is 0 Å². The van der Waals surface area contributed by atoms with Crippen molar-refractivity contribution in [1.29, 1.82) is 0 Å². The normalized spacial score (nSPS) is 10.4. The van der Waals surface area contributed by atoms with E-state index in [-0.39, 0.29) is 0 Å². The monoisotopic (exact) mass is 135 g/mol. The van der Waals surface area contributed by atoms with Gasteiger partial charge in [0, 0.05) is 0 Å². The number of fused-ring (bicyclic) bond motifs is 1. The van der Waals surface area contributed by atoms with E-state index in [9.17, 15) is 4.79 Å². The van der Waals surface area contributed by atoms with E-state index in [1.165, 1.54) is 0 Å². The van der Waals surface area contributed by atoms with Gasteiger partial charge in [0.05, 0.1) is 5.56 Å². The van der Waals surface area contributed by atoms with Crippen molar-refractivity contribution in [1.82, 2.24) is 0 Å². The summed E-state index contributed by atoms with van der Waals surface area (Å²) in [6, 6.07) is 5.05. The first kappa shape index (κ1) is 5.29. The van der Waals surface area contributed by atoms with Crippen LogP contribution in [0, 0.1) is 0 Å². The Morgan fingerprint density at radius 2 is 2.20 bits per heavy atom. The second-order valence-corrected chi connectivity index (χ2v) is 1.90. The lowest BCUT2D eigenvalue weighted by molar-refractivity contribution is 0.0587. The van der Waals surface area contributed by atoms with Crippen LogP contribution in [0.1, 0.15) is 5.56 Å². The fourth-order valence-electron chi connectivity index (χ4n) is 0.800. The summed E-state index contributed by atoms with van der Waals surface area (Å²) in [7, 11) is 0. The van der Waals surface area contributed by atoms with Crippen molar-refractivity contribution in [3.8, 4) is 0 Å². The topological polar surface area (TPSA) is 43.4 Å². The third-order valence-electron chi connectivity index (χ3n) is 1.30. The van der Waals surface area contributed by atoms with Crippen LogP contribution in [0.5, 0.6) is 0 Å². The third-order valence-corrected chi connectivity index (χ3v) is 1.30. The molecular formula is C7H3O3. The molecule has 1 aromatic heterocycles. The summed E-state index contributed by atoms with van der Waals surface area (Å²) in [6.07, 6.45) is 1.73. The van der Waals surface area contributed by atoms with Crippen LogP contribution in [-0.4, -0.2) is 6.29 Å². The van der Waals surface area contributed by atoms with Gasteiger partial charge in [-0.05, 0) is 12.1 Å². The molecule has 49 valence electrons. The van der Waals surface area contributed by atoms with Gasteiger partial charge in [-0.1, -0.05) is 6.07 Å². The molecular weight excluding hydrogens is 132 g/mol. The van der Waals surface area contributed by atoms with Crippen LogP contribution >= 0.6 is 0 Å². The number of hydrogen-bond acceptors (Lipinski definition) is 3. The molecule has 0 fully saturated rings. The molecule has 0 aliphatic carbocycles. The minimum absolute atomic E-state index is 0.406. The molecule has 1 aromatic carbocycles. The quantitative estimate of drug-likeness (QED) is 0.556. The van der Waals surface area contributed by atoms with E-state index < -0.39 is 0 Å². The zero-order valence-electron chi connectivity index (χ0n) is 4.96. The molecule has 0 saturated heterocycles. The summed E-state index contributed by atoms with van der Waals surface area (Å²) in [4.78, 5) is 10.2. The van der Waals surface area contributed by atoms with Gasteiger partial charge in [0.25, 0.3) is 0 Å². The Labute approximate surface area is 56.2 Å². The fourth-order valence-corrected chi connectivity index (χ4v) is 0.800. The molecule has 1 radical (unpaired) electrons. The van der Waals surface area contributed by atoms with E-state index in [1.54, 1.807) is 24.5 Å². The van der Waals surface area contributed by atoms with Gasteiger partial charge in [-0.15, -0.1) is 0 Å². The average Bonchev–Trinajstić information content (AvgIpc) is 1.91. The summed E-state index contributed by atoms with van der Waals surface area (Å²) in [5, 5.41) is 0. The van der Waals surface area contributed by atoms with Gasteiger partial charge in [0.2, 0.25) is 17.5 Å². The summed E-state index contributed by atoms with van der Waals surface area (Å²) < 4.78 is 9.08. The Balaban J connectivity index is 2.78. The Hall–Kier alpha value is -1.51. The maximum atomic E-state index is 10.2. The van der Waals surface area contributed by atoms with Gasteiger partial charge in [-0.3, -0.25) is 13.9 Å². The largest absolute Gasteiger partial charge is 0.286 e. The molecule has 2 aromatic rings. The molecule has 2 rings (SSSR count). The molecule has 0 bridgehead atoms. The van der Waals surface area contributed by atoms with Gasteiger partial charge in [-0.2, -0.15) is 0 Å². The number of rotatable bonds is 1. The minimum Gasteiger partial charge on any atom is -0.286 e. The Morgan fingerprint density at radius 3 is 2.70 bits per heavy atom. The lowest BCUT2D eigenvalue weighted by Crippen LogP contribution is -1.84. The standard InChI is InChI=1S/C7H3O3/c8-4-5-2-1-3-6-7(5)10-9-6/h1-3H. The highest BCUT2D eigenvalue weighted by Gasteiger charge is 2.08. The van der Waals surface area contributed by atoms with Crippen LogP contribution < -0.4 is 0 Å². The molecule has 0 aliphatic heterocycles. The van der Waals surface area contributed by atoms with Crippen LogP contribution in [-0.2, 0) is 4.79 Å². The molecule has 1 heterocycles. The van der Waals surface area contributed by atoms with E-state index in [0.717, 1.165) is 0 Å². The van der Waals surface area contributed by atoms with E-state index in [1.807, 2.05) is 0 Å². The highest BCUT2D eigenvalue weighted by Crippen LogP contribution is 2.20. The van der Waals surface area contributed by atoms with Crippen LogP contribution in [0.15, 0.2) is 27.4 Å². The van der Waals surface area contributed by atoms with Gasteiger partial charge >= 0.3 is 0 Å². The van der Waals surface area contributed by atoms with Crippen molar-refractivity contribution in [2.24, 2.45) is 0 Å².